The first kappa shape index (κ1) is 10.1. The van der Waals surface area contributed by atoms with Gasteiger partial charge in [-0.25, -0.2) is 4.79 Å². The predicted octanol–water partition coefficient (Wildman–Crippen LogP) is 3.46. The Kier molecular flexibility index (Phi) is 1.93. The van der Waals surface area contributed by atoms with Crippen LogP contribution in [-0.4, -0.2) is 0 Å². The Balaban J connectivity index is 2.56. The van der Waals surface area contributed by atoms with Gasteiger partial charge in [-0.05, 0) is 38.0 Å². The largest absolute Gasteiger partial charge is 0.461 e. The smallest absolute Gasteiger partial charge is 0.336 e. The van der Waals surface area contributed by atoms with Crippen molar-refractivity contribution in [1.29, 1.82) is 0 Å². The van der Waals surface area contributed by atoms with E-state index in [0.29, 0.717) is 5.58 Å². The molecular weight excluding hydrogens is 216 g/mol. The van der Waals surface area contributed by atoms with Crippen molar-refractivity contribution >= 4 is 21.9 Å². The van der Waals surface area contributed by atoms with Crippen LogP contribution in [0, 0.1) is 20.8 Å². The van der Waals surface area contributed by atoms with Crippen LogP contribution in [0.4, 0.5) is 0 Å². The van der Waals surface area contributed by atoms with Crippen molar-refractivity contribution in [2.24, 2.45) is 0 Å². The molecule has 3 rings (SSSR count). The van der Waals surface area contributed by atoms with Gasteiger partial charge in [0.05, 0.1) is 0 Å². The maximum absolute atomic E-state index is 11.3. The minimum atomic E-state index is -0.325. The third kappa shape index (κ3) is 1.39. The Morgan fingerprint density at radius 2 is 1.59 bits per heavy atom. The average molecular weight is 228 g/mol. The normalized spacial score (nSPS) is 11.5. The molecule has 17 heavy (non-hydrogen) atoms. The van der Waals surface area contributed by atoms with Gasteiger partial charge in [0.25, 0.3) is 0 Å². The molecule has 86 valence electrons. The summed E-state index contributed by atoms with van der Waals surface area (Å²) in [5, 5.41) is 2.04. The quantitative estimate of drug-likeness (QED) is 0.553. The molecule has 0 aliphatic rings. The molecule has 3 heteroatoms. The summed E-state index contributed by atoms with van der Waals surface area (Å²) in [5.74, 6) is 0.898. The van der Waals surface area contributed by atoms with E-state index in [4.69, 9.17) is 8.83 Å². The highest BCUT2D eigenvalue weighted by atomic mass is 16.4. The molecule has 0 N–H and O–H groups in total. The molecule has 0 aliphatic carbocycles. The summed E-state index contributed by atoms with van der Waals surface area (Å²) < 4.78 is 10.8. The van der Waals surface area contributed by atoms with Gasteiger partial charge in [-0.15, -0.1) is 0 Å². The zero-order valence-corrected chi connectivity index (χ0v) is 9.96. The van der Waals surface area contributed by atoms with E-state index in [1.807, 2.05) is 26.8 Å². The Labute approximate surface area is 97.7 Å². The fourth-order valence-electron chi connectivity index (χ4n) is 2.15. The topological polar surface area (TPSA) is 43.4 Å². The van der Waals surface area contributed by atoms with Crippen LogP contribution in [0.25, 0.3) is 21.9 Å². The molecule has 2 heterocycles. The minimum Gasteiger partial charge on any atom is -0.461 e. The Morgan fingerprint density at radius 1 is 0.882 bits per heavy atom. The molecule has 3 aromatic rings. The summed E-state index contributed by atoms with van der Waals surface area (Å²) in [6.07, 6.45) is 0. The summed E-state index contributed by atoms with van der Waals surface area (Å²) in [7, 11) is 0. The molecule has 0 aliphatic heterocycles. The first-order valence-electron chi connectivity index (χ1n) is 5.50. The van der Waals surface area contributed by atoms with Crippen LogP contribution in [0.15, 0.2) is 31.8 Å². The molecule has 0 unspecified atom stereocenters. The van der Waals surface area contributed by atoms with Crippen LogP contribution in [-0.2, 0) is 0 Å². The Morgan fingerprint density at radius 3 is 2.35 bits per heavy atom. The SMILES string of the molecule is Cc1oc2cc3oc(=O)cc(C)c3cc2c1C. The summed E-state index contributed by atoms with van der Waals surface area (Å²) in [4.78, 5) is 11.3. The molecule has 1 aromatic carbocycles. The van der Waals surface area contributed by atoms with Gasteiger partial charge < -0.3 is 8.83 Å². The average Bonchev–Trinajstić information content (AvgIpc) is 2.52. The first-order chi connectivity index (χ1) is 8.06. The van der Waals surface area contributed by atoms with Crippen molar-refractivity contribution in [2.45, 2.75) is 20.8 Å². The lowest BCUT2D eigenvalue weighted by Crippen LogP contribution is -1.97. The molecule has 3 nitrogen and oxygen atoms in total. The zero-order chi connectivity index (χ0) is 12.2. The van der Waals surface area contributed by atoms with E-state index in [1.54, 1.807) is 6.07 Å². The third-order valence-corrected chi connectivity index (χ3v) is 3.25. The maximum atomic E-state index is 11.3. The standard InChI is InChI=1S/C14H12O3/c1-7-4-14(15)17-12-6-13-11(5-10(7)12)8(2)9(3)16-13/h4-6H,1-3H3. The monoisotopic (exact) mass is 228 g/mol. The molecule has 0 saturated heterocycles. The second-order valence-electron chi connectivity index (χ2n) is 4.38. The van der Waals surface area contributed by atoms with E-state index in [2.05, 4.69) is 0 Å². The lowest BCUT2D eigenvalue weighted by Gasteiger charge is -2.00. The fraction of sp³-hybridized carbons (Fsp3) is 0.214. The van der Waals surface area contributed by atoms with Crippen molar-refractivity contribution in [2.75, 3.05) is 0 Å². The summed E-state index contributed by atoms with van der Waals surface area (Å²) in [6, 6.07) is 5.32. The van der Waals surface area contributed by atoms with Crippen LogP contribution in [0.1, 0.15) is 16.9 Å². The molecule has 0 fully saturated rings. The highest BCUT2D eigenvalue weighted by molar-refractivity contribution is 5.96. The maximum Gasteiger partial charge on any atom is 0.336 e. The van der Waals surface area contributed by atoms with E-state index >= 15 is 0 Å². The predicted molar refractivity (Wildman–Crippen MR) is 66.5 cm³/mol. The Bertz CT molecular complexity index is 790. The van der Waals surface area contributed by atoms with Gasteiger partial charge in [0.1, 0.15) is 16.9 Å². The molecule has 0 atom stereocenters. The van der Waals surface area contributed by atoms with Crippen molar-refractivity contribution in [3.63, 3.8) is 0 Å². The van der Waals surface area contributed by atoms with Crippen molar-refractivity contribution < 1.29 is 8.83 Å². The fourth-order valence-corrected chi connectivity index (χ4v) is 2.15. The second kappa shape index (κ2) is 3.23. The number of rotatable bonds is 0. The molecular formula is C14H12O3. The summed E-state index contributed by atoms with van der Waals surface area (Å²) in [5.41, 5.74) is 3.08. The number of furan rings is 1. The molecule has 0 bridgehead atoms. The number of fused-ring (bicyclic) bond motifs is 2. The third-order valence-electron chi connectivity index (χ3n) is 3.25. The number of benzene rings is 1. The van der Waals surface area contributed by atoms with E-state index in [0.717, 1.165) is 33.2 Å². The lowest BCUT2D eigenvalue weighted by molar-refractivity contribution is 0.554. The van der Waals surface area contributed by atoms with Gasteiger partial charge in [0, 0.05) is 22.9 Å². The van der Waals surface area contributed by atoms with Gasteiger partial charge in [0.2, 0.25) is 0 Å². The highest BCUT2D eigenvalue weighted by Crippen LogP contribution is 2.29. The molecule has 0 spiro atoms. The van der Waals surface area contributed by atoms with E-state index in [9.17, 15) is 4.79 Å². The van der Waals surface area contributed by atoms with Crippen molar-refractivity contribution in [3.05, 3.63) is 45.5 Å². The number of aryl methyl sites for hydroxylation is 3. The second-order valence-corrected chi connectivity index (χ2v) is 4.38. The molecule has 0 radical (unpaired) electrons. The molecule has 2 aromatic heterocycles. The number of hydrogen-bond acceptors (Lipinski definition) is 3. The molecule has 0 saturated carbocycles. The van der Waals surface area contributed by atoms with Crippen LogP contribution in [0.2, 0.25) is 0 Å². The first-order valence-corrected chi connectivity index (χ1v) is 5.50. The van der Waals surface area contributed by atoms with Crippen LogP contribution in [0.5, 0.6) is 0 Å². The van der Waals surface area contributed by atoms with Gasteiger partial charge in [-0.1, -0.05) is 0 Å². The van der Waals surface area contributed by atoms with Gasteiger partial charge in [-0.3, -0.25) is 0 Å². The van der Waals surface area contributed by atoms with Gasteiger partial charge in [0.15, 0.2) is 0 Å². The van der Waals surface area contributed by atoms with Crippen molar-refractivity contribution in [3.8, 4) is 0 Å². The van der Waals surface area contributed by atoms with Crippen LogP contribution < -0.4 is 5.63 Å². The van der Waals surface area contributed by atoms with E-state index in [-0.39, 0.29) is 5.63 Å². The van der Waals surface area contributed by atoms with Crippen LogP contribution >= 0.6 is 0 Å². The molecule has 0 amide bonds. The summed E-state index contributed by atoms with van der Waals surface area (Å²) in [6.45, 7) is 5.87. The van der Waals surface area contributed by atoms with Gasteiger partial charge in [-0.2, -0.15) is 0 Å². The minimum absolute atomic E-state index is 0.325. The zero-order valence-electron chi connectivity index (χ0n) is 9.96. The van der Waals surface area contributed by atoms with E-state index < -0.39 is 0 Å². The summed E-state index contributed by atoms with van der Waals surface area (Å²) >= 11 is 0. The highest BCUT2D eigenvalue weighted by Gasteiger charge is 2.10. The van der Waals surface area contributed by atoms with E-state index in [1.165, 1.54) is 6.07 Å². The lowest BCUT2D eigenvalue weighted by atomic mass is 10.1. The number of hydrogen-bond donors (Lipinski definition) is 0. The Hall–Kier alpha value is -2.03. The van der Waals surface area contributed by atoms with Gasteiger partial charge >= 0.3 is 5.63 Å². The van der Waals surface area contributed by atoms with Crippen molar-refractivity contribution in [1.82, 2.24) is 0 Å². The van der Waals surface area contributed by atoms with Crippen LogP contribution in [0.3, 0.4) is 0 Å².